The van der Waals surface area contributed by atoms with Gasteiger partial charge in [-0.1, -0.05) is 17.7 Å². The van der Waals surface area contributed by atoms with Crippen molar-refractivity contribution in [3.63, 3.8) is 0 Å². The standard InChI is InChI=1S/C13H20ClN3O2S/c1-10(15)11-3-4-13(12(14)9-11)16-5-7-17(8-6-16)20(2,18)19/h3-4,9-10H,5-8,15H2,1-2H3/t10-/m1/s1. The van der Waals surface area contributed by atoms with Crippen LogP contribution < -0.4 is 10.6 Å². The summed E-state index contributed by atoms with van der Waals surface area (Å²) in [5.74, 6) is 0. The van der Waals surface area contributed by atoms with E-state index in [0.29, 0.717) is 31.2 Å². The van der Waals surface area contributed by atoms with Gasteiger partial charge in [0.1, 0.15) is 0 Å². The van der Waals surface area contributed by atoms with Gasteiger partial charge in [0.15, 0.2) is 0 Å². The fraction of sp³-hybridized carbons (Fsp3) is 0.538. The van der Waals surface area contributed by atoms with Crippen molar-refractivity contribution in [2.45, 2.75) is 13.0 Å². The van der Waals surface area contributed by atoms with Crippen LogP contribution in [-0.2, 0) is 10.0 Å². The highest BCUT2D eigenvalue weighted by molar-refractivity contribution is 7.88. The molecule has 2 N–H and O–H groups in total. The molecular weight excluding hydrogens is 298 g/mol. The van der Waals surface area contributed by atoms with Crippen molar-refractivity contribution < 1.29 is 8.42 Å². The van der Waals surface area contributed by atoms with Crippen LogP contribution in [-0.4, -0.2) is 45.2 Å². The number of rotatable bonds is 3. The van der Waals surface area contributed by atoms with Crippen LogP contribution in [0, 0.1) is 0 Å². The Morgan fingerprint density at radius 2 is 1.85 bits per heavy atom. The van der Waals surface area contributed by atoms with Gasteiger partial charge < -0.3 is 10.6 Å². The Kier molecular flexibility index (Phi) is 4.59. The Labute approximate surface area is 125 Å². The quantitative estimate of drug-likeness (QED) is 0.916. The molecule has 5 nitrogen and oxygen atoms in total. The molecule has 0 bridgehead atoms. The molecule has 0 aliphatic carbocycles. The van der Waals surface area contributed by atoms with Gasteiger partial charge in [0.25, 0.3) is 0 Å². The molecule has 1 aromatic carbocycles. The topological polar surface area (TPSA) is 66.6 Å². The molecule has 20 heavy (non-hydrogen) atoms. The second-order valence-corrected chi connectivity index (χ2v) is 7.54. The summed E-state index contributed by atoms with van der Waals surface area (Å²) >= 11 is 6.30. The number of hydrogen-bond acceptors (Lipinski definition) is 4. The number of nitrogens with two attached hydrogens (primary N) is 1. The first-order chi connectivity index (χ1) is 9.29. The Bertz CT molecular complexity index is 581. The Morgan fingerprint density at radius 1 is 1.25 bits per heavy atom. The van der Waals surface area contributed by atoms with E-state index in [9.17, 15) is 8.42 Å². The van der Waals surface area contributed by atoms with Crippen molar-refractivity contribution in [3.8, 4) is 0 Å². The van der Waals surface area contributed by atoms with Crippen LogP contribution in [0.4, 0.5) is 5.69 Å². The van der Waals surface area contributed by atoms with E-state index in [1.54, 1.807) is 0 Å². The number of hydrogen-bond donors (Lipinski definition) is 1. The lowest BCUT2D eigenvalue weighted by atomic mass is 10.1. The molecule has 2 rings (SSSR count). The van der Waals surface area contributed by atoms with E-state index >= 15 is 0 Å². The smallest absolute Gasteiger partial charge is 0.211 e. The van der Waals surface area contributed by atoms with Crippen molar-refractivity contribution in [2.24, 2.45) is 5.73 Å². The molecule has 0 radical (unpaired) electrons. The number of anilines is 1. The lowest BCUT2D eigenvalue weighted by Gasteiger charge is -2.35. The second kappa shape index (κ2) is 5.89. The number of nitrogens with zero attached hydrogens (tertiary/aromatic N) is 2. The third-order valence-corrected chi connectivity index (χ3v) is 5.15. The molecule has 1 heterocycles. The van der Waals surface area contributed by atoms with E-state index in [1.807, 2.05) is 25.1 Å². The summed E-state index contributed by atoms with van der Waals surface area (Å²) in [6.07, 6.45) is 1.24. The van der Waals surface area contributed by atoms with E-state index in [-0.39, 0.29) is 6.04 Å². The predicted molar refractivity (Wildman–Crippen MR) is 82.7 cm³/mol. The van der Waals surface area contributed by atoms with Crippen LogP contribution in [0.3, 0.4) is 0 Å². The molecule has 1 aliphatic rings. The Balaban J connectivity index is 2.11. The minimum absolute atomic E-state index is 0.0522. The van der Waals surface area contributed by atoms with Gasteiger partial charge in [0.05, 0.1) is 17.0 Å². The van der Waals surface area contributed by atoms with Crippen molar-refractivity contribution in [1.82, 2.24) is 4.31 Å². The lowest BCUT2D eigenvalue weighted by molar-refractivity contribution is 0.388. The van der Waals surface area contributed by atoms with Gasteiger partial charge in [-0.3, -0.25) is 0 Å². The summed E-state index contributed by atoms with van der Waals surface area (Å²) in [5, 5.41) is 0.660. The summed E-state index contributed by atoms with van der Waals surface area (Å²) in [6, 6.07) is 5.75. The van der Waals surface area contributed by atoms with E-state index in [2.05, 4.69) is 4.90 Å². The molecule has 1 atom stereocenters. The second-order valence-electron chi connectivity index (χ2n) is 5.15. The van der Waals surface area contributed by atoms with Crippen LogP contribution >= 0.6 is 11.6 Å². The number of benzene rings is 1. The number of sulfonamides is 1. The maximum Gasteiger partial charge on any atom is 0.211 e. The van der Waals surface area contributed by atoms with Gasteiger partial charge in [0.2, 0.25) is 10.0 Å². The highest BCUT2D eigenvalue weighted by Gasteiger charge is 2.24. The summed E-state index contributed by atoms with van der Waals surface area (Å²) in [6.45, 7) is 4.18. The molecule has 7 heteroatoms. The summed E-state index contributed by atoms with van der Waals surface area (Å²) in [5.41, 5.74) is 7.76. The molecule has 1 aromatic rings. The monoisotopic (exact) mass is 317 g/mol. The molecule has 0 amide bonds. The van der Waals surface area contributed by atoms with Gasteiger partial charge in [-0.15, -0.1) is 0 Å². The highest BCUT2D eigenvalue weighted by atomic mass is 35.5. The first-order valence-corrected chi connectivity index (χ1v) is 8.77. The lowest BCUT2D eigenvalue weighted by Crippen LogP contribution is -2.48. The minimum atomic E-state index is -3.10. The average molecular weight is 318 g/mol. The third kappa shape index (κ3) is 3.44. The van der Waals surface area contributed by atoms with Crippen molar-refractivity contribution in [3.05, 3.63) is 28.8 Å². The van der Waals surface area contributed by atoms with Crippen molar-refractivity contribution >= 4 is 27.3 Å². The molecular formula is C13H20ClN3O2S. The van der Waals surface area contributed by atoms with Crippen molar-refractivity contribution in [1.29, 1.82) is 0 Å². The van der Waals surface area contributed by atoms with Gasteiger partial charge in [-0.25, -0.2) is 8.42 Å². The van der Waals surface area contributed by atoms with Gasteiger partial charge in [0, 0.05) is 32.2 Å². The van der Waals surface area contributed by atoms with E-state index in [4.69, 9.17) is 17.3 Å². The van der Waals surface area contributed by atoms with Gasteiger partial charge in [-0.2, -0.15) is 4.31 Å². The van der Waals surface area contributed by atoms with Crippen LogP contribution in [0.5, 0.6) is 0 Å². The Hall–Kier alpha value is -0.820. The Morgan fingerprint density at radius 3 is 2.30 bits per heavy atom. The first-order valence-electron chi connectivity index (χ1n) is 6.54. The zero-order valence-corrected chi connectivity index (χ0v) is 13.3. The minimum Gasteiger partial charge on any atom is -0.368 e. The van der Waals surface area contributed by atoms with Gasteiger partial charge >= 0.3 is 0 Å². The summed E-state index contributed by atoms with van der Waals surface area (Å²) < 4.78 is 24.5. The maximum absolute atomic E-state index is 11.5. The van der Waals surface area contributed by atoms with Crippen LogP contribution in [0.15, 0.2) is 18.2 Å². The molecule has 1 saturated heterocycles. The van der Waals surface area contributed by atoms with Crippen LogP contribution in [0.1, 0.15) is 18.5 Å². The van der Waals surface area contributed by atoms with Crippen LogP contribution in [0.25, 0.3) is 0 Å². The molecule has 0 unspecified atom stereocenters. The largest absolute Gasteiger partial charge is 0.368 e. The first kappa shape index (κ1) is 15.6. The maximum atomic E-state index is 11.5. The molecule has 112 valence electrons. The fourth-order valence-electron chi connectivity index (χ4n) is 2.32. The van der Waals surface area contributed by atoms with Crippen molar-refractivity contribution in [2.75, 3.05) is 37.3 Å². The highest BCUT2D eigenvalue weighted by Crippen LogP contribution is 2.29. The average Bonchev–Trinajstić information content (AvgIpc) is 2.37. The molecule has 1 aliphatic heterocycles. The zero-order valence-electron chi connectivity index (χ0n) is 11.7. The van der Waals surface area contributed by atoms with E-state index in [0.717, 1.165) is 11.3 Å². The zero-order chi connectivity index (χ0) is 14.9. The molecule has 1 fully saturated rings. The third-order valence-electron chi connectivity index (χ3n) is 3.55. The molecule has 0 saturated carbocycles. The van der Waals surface area contributed by atoms with E-state index < -0.39 is 10.0 Å². The fourth-order valence-corrected chi connectivity index (χ4v) is 3.46. The summed E-state index contributed by atoms with van der Waals surface area (Å²) in [7, 11) is -3.10. The molecule has 0 aromatic heterocycles. The number of halogens is 1. The van der Waals surface area contributed by atoms with Gasteiger partial charge in [-0.05, 0) is 24.6 Å². The van der Waals surface area contributed by atoms with E-state index in [1.165, 1.54) is 10.6 Å². The normalized spacial score (nSPS) is 19.1. The molecule has 0 spiro atoms. The SMILES string of the molecule is C[C@@H](N)c1ccc(N2CCN(S(C)(=O)=O)CC2)c(Cl)c1. The number of piperazine rings is 1. The van der Waals surface area contributed by atoms with Crippen LogP contribution in [0.2, 0.25) is 5.02 Å². The summed E-state index contributed by atoms with van der Waals surface area (Å²) in [4.78, 5) is 2.11. The predicted octanol–water partition coefficient (Wildman–Crippen LogP) is 1.44.